The second-order valence-electron chi connectivity index (χ2n) is 3.46. The van der Waals surface area contributed by atoms with E-state index in [-0.39, 0.29) is 5.60 Å². The average Bonchev–Trinajstić information content (AvgIpc) is 2.12. The van der Waals surface area contributed by atoms with Gasteiger partial charge < -0.3 is 10.0 Å². The van der Waals surface area contributed by atoms with Crippen molar-refractivity contribution in [3.05, 3.63) is 0 Å². The molecule has 60 valence electrons. The van der Waals surface area contributed by atoms with Crippen molar-refractivity contribution in [3.63, 3.8) is 0 Å². The van der Waals surface area contributed by atoms with Gasteiger partial charge in [0.1, 0.15) is 0 Å². The molecule has 0 amide bonds. The monoisotopic (exact) mass is 143 g/mol. The Morgan fingerprint density at radius 2 is 2.30 bits per heavy atom. The Morgan fingerprint density at radius 1 is 1.60 bits per heavy atom. The van der Waals surface area contributed by atoms with Gasteiger partial charge >= 0.3 is 0 Å². The number of aliphatic hydroxyl groups is 1. The molecule has 1 saturated heterocycles. The molecule has 0 aromatic carbocycles. The van der Waals surface area contributed by atoms with E-state index >= 15 is 0 Å². The van der Waals surface area contributed by atoms with E-state index < -0.39 is 0 Å². The standard InChI is InChI=1S/C8H17NO/c1-3-4-8(10)5-6-9(2)7-8/h10H,3-7H2,1-2H3. The first-order valence-electron chi connectivity index (χ1n) is 4.07. The lowest BCUT2D eigenvalue weighted by atomic mass is 9.98. The lowest BCUT2D eigenvalue weighted by Gasteiger charge is -2.20. The van der Waals surface area contributed by atoms with Crippen LogP contribution >= 0.6 is 0 Å². The molecular weight excluding hydrogens is 126 g/mol. The van der Waals surface area contributed by atoms with Crippen LogP contribution in [0.3, 0.4) is 0 Å². The highest BCUT2D eigenvalue weighted by molar-refractivity contribution is 4.87. The number of hydrogen-bond acceptors (Lipinski definition) is 2. The van der Waals surface area contributed by atoms with E-state index in [4.69, 9.17) is 0 Å². The molecule has 0 aromatic heterocycles. The van der Waals surface area contributed by atoms with E-state index in [9.17, 15) is 5.11 Å². The topological polar surface area (TPSA) is 23.5 Å². The second kappa shape index (κ2) is 2.89. The highest BCUT2D eigenvalue weighted by atomic mass is 16.3. The predicted molar refractivity (Wildman–Crippen MR) is 42.0 cm³/mol. The number of hydrogen-bond donors (Lipinski definition) is 1. The van der Waals surface area contributed by atoms with Crippen molar-refractivity contribution in [2.24, 2.45) is 0 Å². The molecule has 1 rings (SSSR count). The summed E-state index contributed by atoms with van der Waals surface area (Å²) in [5.74, 6) is 0. The van der Waals surface area contributed by atoms with Gasteiger partial charge in [0.2, 0.25) is 0 Å². The van der Waals surface area contributed by atoms with Gasteiger partial charge in [-0.2, -0.15) is 0 Å². The van der Waals surface area contributed by atoms with Crippen molar-refractivity contribution in [1.82, 2.24) is 4.90 Å². The van der Waals surface area contributed by atoms with Crippen LogP contribution in [0.2, 0.25) is 0 Å². The summed E-state index contributed by atoms with van der Waals surface area (Å²) in [5, 5.41) is 9.82. The molecular formula is C8H17NO. The molecule has 1 N–H and O–H groups in total. The first kappa shape index (κ1) is 8.02. The van der Waals surface area contributed by atoms with Crippen LogP contribution in [-0.2, 0) is 0 Å². The molecule has 1 atom stereocenters. The molecule has 1 unspecified atom stereocenters. The molecule has 2 nitrogen and oxygen atoms in total. The van der Waals surface area contributed by atoms with Crippen LogP contribution in [0, 0.1) is 0 Å². The highest BCUT2D eigenvalue weighted by Gasteiger charge is 2.32. The number of likely N-dealkylation sites (tertiary alicyclic amines) is 1. The Kier molecular flexibility index (Phi) is 2.32. The Balaban J connectivity index is 2.38. The molecule has 0 bridgehead atoms. The predicted octanol–water partition coefficient (Wildman–Crippen LogP) is 0.853. The minimum atomic E-state index is -0.358. The van der Waals surface area contributed by atoms with Gasteiger partial charge in [0, 0.05) is 13.1 Å². The lowest BCUT2D eigenvalue weighted by Crippen LogP contribution is -2.31. The molecule has 0 spiro atoms. The molecule has 1 fully saturated rings. The molecule has 1 aliphatic heterocycles. The van der Waals surface area contributed by atoms with Gasteiger partial charge in [0.15, 0.2) is 0 Å². The van der Waals surface area contributed by atoms with Crippen LogP contribution in [0.5, 0.6) is 0 Å². The lowest BCUT2D eigenvalue weighted by molar-refractivity contribution is 0.0424. The van der Waals surface area contributed by atoms with Crippen LogP contribution in [0.25, 0.3) is 0 Å². The SMILES string of the molecule is CCCC1(O)CCN(C)C1. The fourth-order valence-corrected chi connectivity index (χ4v) is 1.73. The van der Waals surface area contributed by atoms with Gasteiger partial charge in [-0.3, -0.25) is 0 Å². The Hall–Kier alpha value is -0.0800. The zero-order chi connectivity index (χ0) is 7.61. The molecule has 0 aliphatic carbocycles. The van der Waals surface area contributed by atoms with Crippen molar-refractivity contribution in [2.75, 3.05) is 20.1 Å². The summed E-state index contributed by atoms with van der Waals surface area (Å²) < 4.78 is 0. The second-order valence-corrected chi connectivity index (χ2v) is 3.46. The first-order chi connectivity index (χ1) is 4.66. The minimum Gasteiger partial charge on any atom is -0.389 e. The van der Waals surface area contributed by atoms with Crippen LogP contribution in [0.15, 0.2) is 0 Å². The summed E-state index contributed by atoms with van der Waals surface area (Å²) in [6.45, 7) is 4.04. The first-order valence-corrected chi connectivity index (χ1v) is 4.07. The fraction of sp³-hybridized carbons (Fsp3) is 1.00. The fourth-order valence-electron chi connectivity index (χ4n) is 1.73. The van der Waals surface area contributed by atoms with E-state index in [0.717, 1.165) is 32.4 Å². The van der Waals surface area contributed by atoms with Crippen molar-refractivity contribution in [2.45, 2.75) is 31.8 Å². The van der Waals surface area contributed by atoms with Crippen LogP contribution in [0.4, 0.5) is 0 Å². The molecule has 10 heavy (non-hydrogen) atoms. The van der Waals surface area contributed by atoms with Gasteiger partial charge in [-0.15, -0.1) is 0 Å². The number of rotatable bonds is 2. The molecule has 0 saturated carbocycles. The summed E-state index contributed by atoms with van der Waals surface area (Å²) in [4.78, 5) is 2.19. The average molecular weight is 143 g/mol. The van der Waals surface area contributed by atoms with E-state index in [1.807, 2.05) is 0 Å². The Bertz CT molecular complexity index is 112. The zero-order valence-corrected chi connectivity index (χ0v) is 6.93. The number of β-amino-alcohol motifs (C(OH)–C–C–N with tert-alkyl or cyclic N) is 1. The summed E-state index contributed by atoms with van der Waals surface area (Å²) in [7, 11) is 2.06. The number of likely N-dealkylation sites (N-methyl/N-ethyl adjacent to an activating group) is 1. The van der Waals surface area contributed by atoms with Gasteiger partial charge in [0.25, 0.3) is 0 Å². The maximum Gasteiger partial charge on any atom is 0.0786 e. The number of nitrogens with zero attached hydrogens (tertiary/aromatic N) is 1. The molecule has 2 heteroatoms. The van der Waals surface area contributed by atoms with E-state index in [2.05, 4.69) is 18.9 Å². The van der Waals surface area contributed by atoms with Crippen molar-refractivity contribution < 1.29 is 5.11 Å². The van der Waals surface area contributed by atoms with E-state index in [1.165, 1.54) is 0 Å². The van der Waals surface area contributed by atoms with Crippen LogP contribution in [-0.4, -0.2) is 35.7 Å². The van der Waals surface area contributed by atoms with Gasteiger partial charge in [-0.25, -0.2) is 0 Å². The third kappa shape index (κ3) is 1.70. The summed E-state index contributed by atoms with van der Waals surface area (Å²) in [6.07, 6.45) is 3.00. The third-order valence-electron chi connectivity index (χ3n) is 2.24. The van der Waals surface area contributed by atoms with Gasteiger partial charge in [-0.1, -0.05) is 13.3 Å². The van der Waals surface area contributed by atoms with Crippen molar-refractivity contribution in [1.29, 1.82) is 0 Å². The van der Waals surface area contributed by atoms with Crippen LogP contribution in [0.1, 0.15) is 26.2 Å². The molecule has 1 aliphatic rings. The summed E-state index contributed by atoms with van der Waals surface area (Å²) >= 11 is 0. The smallest absolute Gasteiger partial charge is 0.0786 e. The normalized spacial score (nSPS) is 35.1. The van der Waals surface area contributed by atoms with Crippen molar-refractivity contribution in [3.8, 4) is 0 Å². The van der Waals surface area contributed by atoms with Crippen LogP contribution < -0.4 is 0 Å². The molecule has 1 heterocycles. The highest BCUT2D eigenvalue weighted by Crippen LogP contribution is 2.24. The summed E-state index contributed by atoms with van der Waals surface area (Å²) in [6, 6.07) is 0. The van der Waals surface area contributed by atoms with Crippen molar-refractivity contribution >= 4 is 0 Å². The quantitative estimate of drug-likeness (QED) is 0.619. The molecule has 0 aromatic rings. The molecule has 0 radical (unpaired) electrons. The van der Waals surface area contributed by atoms with E-state index in [0.29, 0.717) is 0 Å². The van der Waals surface area contributed by atoms with Gasteiger partial charge in [0.05, 0.1) is 5.60 Å². The minimum absolute atomic E-state index is 0.358. The van der Waals surface area contributed by atoms with E-state index in [1.54, 1.807) is 0 Å². The maximum atomic E-state index is 9.82. The Morgan fingerprint density at radius 3 is 2.70 bits per heavy atom. The Labute approximate surface area is 62.8 Å². The maximum absolute atomic E-state index is 9.82. The summed E-state index contributed by atoms with van der Waals surface area (Å²) in [5.41, 5.74) is -0.358. The zero-order valence-electron chi connectivity index (χ0n) is 6.93. The third-order valence-corrected chi connectivity index (χ3v) is 2.24. The largest absolute Gasteiger partial charge is 0.389 e. The van der Waals surface area contributed by atoms with Gasteiger partial charge in [-0.05, 0) is 19.9 Å².